The van der Waals surface area contributed by atoms with E-state index in [9.17, 15) is 4.79 Å². The number of carbonyl (C=O) groups is 1. The summed E-state index contributed by atoms with van der Waals surface area (Å²) in [5.41, 5.74) is 0.756. The minimum Gasteiger partial charge on any atom is -0.497 e. The molecule has 1 heterocycles. The second-order valence-corrected chi connectivity index (χ2v) is 5.00. The fourth-order valence-electron chi connectivity index (χ4n) is 2.20. The second kappa shape index (κ2) is 5.34. The van der Waals surface area contributed by atoms with Crippen molar-refractivity contribution in [3.63, 3.8) is 0 Å². The SMILES string of the molecule is COc1ccc2oc(C(CC(=O)O)C(C)C)cc2c1. The number of ether oxygens (including phenoxy) is 1. The first-order chi connectivity index (χ1) is 9.01. The average Bonchev–Trinajstić information content (AvgIpc) is 2.77. The number of fused-ring (bicyclic) bond motifs is 1. The van der Waals surface area contributed by atoms with Gasteiger partial charge in [0.05, 0.1) is 13.5 Å². The monoisotopic (exact) mass is 262 g/mol. The molecule has 1 N–H and O–H groups in total. The van der Waals surface area contributed by atoms with Crippen LogP contribution in [0.25, 0.3) is 11.0 Å². The Kier molecular flexibility index (Phi) is 3.79. The number of carboxylic acids is 1. The summed E-state index contributed by atoms with van der Waals surface area (Å²) in [4.78, 5) is 10.9. The Morgan fingerprint density at radius 1 is 1.37 bits per heavy atom. The first-order valence-corrected chi connectivity index (χ1v) is 6.30. The van der Waals surface area contributed by atoms with Crippen LogP contribution in [0, 0.1) is 5.92 Å². The number of hydrogen-bond acceptors (Lipinski definition) is 3. The summed E-state index contributed by atoms with van der Waals surface area (Å²) >= 11 is 0. The molecule has 1 unspecified atom stereocenters. The van der Waals surface area contributed by atoms with Crippen molar-refractivity contribution in [2.45, 2.75) is 26.2 Å². The highest BCUT2D eigenvalue weighted by molar-refractivity contribution is 5.80. The van der Waals surface area contributed by atoms with Crippen LogP contribution in [0.2, 0.25) is 0 Å². The lowest BCUT2D eigenvalue weighted by atomic mass is 9.90. The predicted octanol–water partition coefficient (Wildman–Crippen LogP) is 3.66. The molecule has 0 aliphatic heterocycles. The van der Waals surface area contributed by atoms with Gasteiger partial charge in [0.25, 0.3) is 0 Å². The second-order valence-electron chi connectivity index (χ2n) is 5.00. The lowest BCUT2D eigenvalue weighted by Gasteiger charge is -2.15. The third-order valence-electron chi connectivity index (χ3n) is 3.31. The first kappa shape index (κ1) is 13.5. The fraction of sp³-hybridized carbons (Fsp3) is 0.400. The van der Waals surface area contributed by atoms with E-state index in [0.29, 0.717) is 0 Å². The molecule has 0 saturated carbocycles. The molecule has 1 atom stereocenters. The molecule has 4 heteroatoms. The Balaban J connectivity index is 2.40. The molecule has 1 aromatic carbocycles. The molecule has 0 aliphatic carbocycles. The highest BCUT2D eigenvalue weighted by atomic mass is 16.5. The van der Waals surface area contributed by atoms with Gasteiger partial charge in [0.1, 0.15) is 17.1 Å². The highest BCUT2D eigenvalue weighted by Crippen LogP contribution is 2.33. The lowest BCUT2D eigenvalue weighted by molar-refractivity contribution is -0.137. The molecule has 0 bridgehead atoms. The Hall–Kier alpha value is -1.97. The molecule has 1 aromatic heterocycles. The fourth-order valence-corrected chi connectivity index (χ4v) is 2.20. The van der Waals surface area contributed by atoms with Gasteiger partial charge in [-0.2, -0.15) is 0 Å². The van der Waals surface area contributed by atoms with Crippen molar-refractivity contribution in [2.24, 2.45) is 5.92 Å². The van der Waals surface area contributed by atoms with Gasteiger partial charge < -0.3 is 14.3 Å². The summed E-state index contributed by atoms with van der Waals surface area (Å²) in [6.07, 6.45) is 0.0780. The van der Waals surface area contributed by atoms with E-state index < -0.39 is 5.97 Å². The number of furan rings is 1. The molecule has 0 spiro atoms. The molecular weight excluding hydrogens is 244 g/mol. The molecule has 2 rings (SSSR count). The van der Waals surface area contributed by atoms with Crippen LogP contribution in [-0.4, -0.2) is 18.2 Å². The van der Waals surface area contributed by atoms with Crippen molar-refractivity contribution >= 4 is 16.9 Å². The van der Waals surface area contributed by atoms with E-state index in [0.717, 1.165) is 22.5 Å². The van der Waals surface area contributed by atoms with Gasteiger partial charge in [0, 0.05) is 11.3 Å². The predicted molar refractivity (Wildman–Crippen MR) is 72.6 cm³/mol. The van der Waals surface area contributed by atoms with Gasteiger partial charge >= 0.3 is 5.97 Å². The van der Waals surface area contributed by atoms with Crippen LogP contribution in [-0.2, 0) is 4.79 Å². The lowest BCUT2D eigenvalue weighted by Crippen LogP contribution is -2.11. The van der Waals surface area contributed by atoms with Gasteiger partial charge in [0.2, 0.25) is 0 Å². The summed E-state index contributed by atoms with van der Waals surface area (Å²) < 4.78 is 10.9. The number of carboxylic acid groups (broad SMARTS) is 1. The normalized spacial score (nSPS) is 12.8. The maximum absolute atomic E-state index is 10.9. The number of aliphatic carboxylic acids is 1. The van der Waals surface area contributed by atoms with E-state index in [1.54, 1.807) is 7.11 Å². The molecule has 0 fully saturated rings. The van der Waals surface area contributed by atoms with Crippen LogP contribution in [0.5, 0.6) is 5.75 Å². The summed E-state index contributed by atoms with van der Waals surface area (Å²) in [5, 5.41) is 9.93. The maximum atomic E-state index is 10.9. The van der Waals surface area contributed by atoms with Crippen LogP contribution >= 0.6 is 0 Å². The topological polar surface area (TPSA) is 59.7 Å². The summed E-state index contributed by atoms with van der Waals surface area (Å²) in [6.45, 7) is 4.00. The molecule has 0 amide bonds. The van der Waals surface area contributed by atoms with Gasteiger partial charge in [0.15, 0.2) is 0 Å². The van der Waals surface area contributed by atoms with Crippen molar-refractivity contribution in [3.05, 3.63) is 30.0 Å². The first-order valence-electron chi connectivity index (χ1n) is 6.30. The van der Waals surface area contributed by atoms with E-state index >= 15 is 0 Å². The zero-order valence-electron chi connectivity index (χ0n) is 11.3. The Bertz CT molecular complexity index is 583. The van der Waals surface area contributed by atoms with E-state index in [1.165, 1.54) is 0 Å². The van der Waals surface area contributed by atoms with Gasteiger partial charge in [-0.25, -0.2) is 0 Å². The minimum atomic E-state index is -0.809. The van der Waals surface area contributed by atoms with Gasteiger partial charge in [-0.1, -0.05) is 13.8 Å². The van der Waals surface area contributed by atoms with Gasteiger partial charge in [-0.15, -0.1) is 0 Å². The number of rotatable bonds is 5. The standard InChI is InChI=1S/C15H18O4/c1-9(2)12(8-15(16)17)14-7-10-6-11(18-3)4-5-13(10)19-14/h4-7,9,12H,8H2,1-3H3,(H,16,17). The van der Waals surface area contributed by atoms with Crippen LogP contribution < -0.4 is 4.74 Å². The largest absolute Gasteiger partial charge is 0.497 e. The van der Waals surface area contributed by atoms with Crippen molar-refractivity contribution in [1.82, 2.24) is 0 Å². The van der Waals surface area contributed by atoms with E-state index in [2.05, 4.69) is 0 Å². The summed E-state index contributed by atoms with van der Waals surface area (Å²) in [6, 6.07) is 7.47. The molecule has 2 aromatic rings. The number of hydrogen-bond donors (Lipinski definition) is 1. The zero-order chi connectivity index (χ0) is 14.0. The summed E-state index contributed by atoms with van der Waals surface area (Å²) in [7, 11) is 1.61. The molecular formula is C15H18O4. The van der Waals surface area contributed by atoms with E-state index in [1.807, 2.05) is 38.1 Å². The molecule has 0 radical (unpaired) electrons. The number of benzene rings is 1. The highest BCUT2D eigenvalue weighted by Gasteiger charge is 2.23. The third-order valence-corrected chi connectivity index (χ3v) is 3.31. The summed E-state index contributed by atoms with van der Waals surface area (Å²) in [5.74, 6) is 0.769. The van der Waals surface area contributed by atoms with Crippen molar-refractivity contribution < 1.29 is 19.1 Å². The van der Waals surface area contributed by atoms with Crippen LogP contribution in [0.4, 0.5) is 0 Å². The molecule has 0 saturated heterocycles. The zero-order valence-corrected chi connectivity index (χ0v) is 11.3. The van der Waals surface area contributed by atoms with Crippen molar-refractivity contribution in [3.8, 4) is 5.75 Å². The molecule has 4 nitrogen and oxygen atoms in total. The van der Waals surface area contributed by atoms with E-state index in [-0.39, 0.29) is 18.3 Å². The third kappa shape index (κ3) is 2.89. The minimum absolute atomic E-state index is 0.0780. The Labute approximate surface area is 112 Å². The smallest absolute Gasteiger partial charge is 0.304 e. The van der Waals surface area contributed by atoms with Gasteiger partial charge in [-0.3, -0.25) is 4.79 Å². The quantitative estimate of drug-likeness (QED) is 0.893. The van der Waals surface area contributed by atoms with Crippen molar-refractivity contribution in [1.29, 1.82) is 0 Å². The van der Waals surface area contributed by atoms with Crippen LogP contribution in [0.3, 0.4) is 0 Å². The molecule has 19 heavy (non-hydrogen) atoms. The Morgan fingerprint density at radius 3 is 2.68 bits per heavy atom. The number of methoxy groups -OCH3 is 1. The molecule has 102 valence electrons. The van der Waals surface area contributed by atoms with E-state index in [4.69, 9.17) is 14.3 Å². The van der Waals surface area contributed by atoms with Gasteiger partial charge in [-0.05, 0) is 30.2 Å². The molecule has 0 aliphatic rings. The van der Waals surface area contributed by atoms with Crippen LogP contribution in [0.1, 0.15) is 31.9 Å². The van der Waals surface area contributed by atoms with Crippen molar-refractivity contribution in [2.75, 3.05) is 7.11 Å². The van der Waals surface area contributed by atoms with Crippen LogP contribution in [0.15, 0.2) is 28.7 Å². The Morgan fingerprint density at radius 2 is 2.11 bits per heavy atom. The maximum Gasteiger partial charge on any atom is 0.304 e. The average molecular weight is 262 g/mol.